The van der Waals surface area contributed by atoms with Crippen molar-refractivity contribution in [1.82, 2.24) is 14.8 Å². The van der Waals surface area contributed by atoms with E-state index in [0.29, 0.717) is 44.9 Å². The lowest BCUT2D eigenvalue weighted by atomic mass is 9.96. The lowest BCUT2D eigenvalue weighted by Crippen LogP contribution is -2.51. The lowest BCUT2D eigenvalue weighted by molar-refractivity contribution is -0.137. The maximum Gasteiger partial charge on any atom is 0.416 e. The van der Waals surface area contributed by atoms with Gasteiger partial charge in [-0.15, -0.1) is 0 Å². The van der Waals surface area contributed by atoms with Crippen molar-refractivity contribution in [2.75, 3.05) is 38.1 Å². The number of halogens is 3. The molecule has 0 saturated carbocycles. The van der Waals surface area contributed by atoms with E-state index in [9.17, 15) is 22.8 Å². The zero-order valence-electron chi connectivity index (χ0n) is 17.1. The predicted octanol–water partition coefficient (Wildman–Crippen LogP) is 2.87. The summed E-state index contributed by atoms with van der Waals surface area (Å²) in [4.78, 5) is 31.4. The molecule has 1 fully saturated rings. The maximum atomic E-state index is 13.0. The Morgan fingerprint density at radius 1 is 1.12 bits per heavy atom. The van der Waals surface area contributed by atoms with Crippen molar-refractivity contribution in [1.29, 1.82) is 0 Å². The second-order valence-electron chi connectivity index (χ2n) is 7.65. The first-order chi connectivity index (χ1) is 15.2. The van der Waals surface area contributed by atoms with Gasteiger partial charge in [-0.3, -0.25) is 9.69 Å². The number of primary amides is 1. The fourth-order valence-corrected chi connectivity index (χ4v) is 3.98. The Labute approximate surface area is 182 Å². The number of aromatic nitrogens is 1. The molecule has 0 radical (unpaired) electrons. The summed E-state index contributed by atoms with van der Waals surface area (Å²) >= 11 is 0. The normalized spacial score (nSPS) is 19.1. The van der Waals surface area contributed by atoms with Crippen LogP contribution in [0.1, 0.15) is 34.1 Å². The molecule has 8 nitrogen and oxygen atoms in total. The van der Waals surface area contributed by atoms with Crippen molar-refractivity contribution in [3.63, 3.8) is 0 Å². The van der Waals surface area contributed by atoms with Crippen LogP contribution in [-0.4, -0.2) is 59.5 Å². The van der Waals surface area contributed by atoms with E-state index in [0.717, 1.165) is 17.7 Å². The van der Waals surface area contributed by atoms with Crippen LogP contribution in [0.25, 0.3) is 0 Å². The molecule has 0 bridgehead atoms. The molecule has 1 aromatic heterocycles. The average molecular weight is 449 g/mol. The van der Waals surface area contributed by atoms with Crippen LogP contribution in [0, 0.1) is 0 Å². The van der Waals surface area contributed by atoms with E-state index in [-0.39, 0.29) is 23.5 Å². The molecule has 4 rings (SSSR count). The third-order valence-corrected chi connectivity index (χ3v) is 5.66. The minimum absolute atomic E-state index is 0.0585. The number of nitrogens with two attached hydrogens (primary N) is 1. The summed E-state index contributed by atoms with van der Waals surface area (Å²) < 4.78 is 44.5. The average Bonchev–Trinajstić information content (AvgIpc) is 2.78. The van der Waals surface area contributed by atoms with Crippen LogP contribution in [-0.2, 0) is 6.18 Å². The number of anilines is 1. The van der Waals surface area contributed by atoms with E-state index >= 15 is 0 Å². The quantitative estimate of drug-likeness (QED) is 0.751. The van der Waals surface area contributed by atoms with Crippen LogP contribution in [0.2, 0.25) is 0 Å². The van der Waals surface area contributed by atoms with Gasteiger partial charge in [0.1, 0.15) is 11.4 Å². The van der Waals surface area contributed by atoms with Gasteiger partial charge in [-0.2, -0.15) is 13.2 Å². The predicted molar refractivity (Wildman–Crippen MR) is 109 cm³/mol. The number of rotatable bonds is 3. The van der Waals surface area contributed by atoms with Crippen molar-refractivity contribution in [2.24, 2.45) is 5.73 Å². The second kappa shape index (κ2) is 8.65. The highest BCUT2D eigenvalue weighted by Gasteiger charge is 2.35. The number of carbonyl (C=O) groups excluding carboxylic acids is 2. The Hall–Kier alpha value is -3.34. The molecular formula is C21H22F3N5O3. The summed E-state index contributed by atoms with van der Waals surface area (Å²) in [5.41, 5.74) is 5.72. The number of fused-ring (bicyclic) bond motifs is 1. The van der Waals surface area contributed by atoms with Gasteiger partial charge in [0.05, 0.1) is 24.1 Å². The minimum atomic E-state index is -4.42. The second-order valence-corrected chi connectivity index (χ2v) is 7.65. The molecule has 1 aromatic carbocycles. The molecule has 3 N–H and O–H groups in total. The van der Waals surface area contributed by atoms with Crippen molar-refractivity contribution in [2.45, 2.75) is 18.6 Å². The van der Waals surface area contributed by atoms with Gasteiger partial charge in [0.25, 0.3) is 5.91 Å². The first kappa shape index (κ1) is 21.9. The SMILES string of the molecule is NC(=O)c1ccc(NC(=O)N2CCN(C3CCOc4cc(C(F)(F)F)ccc43)CC2)cn1. The van der Waals surface area contributed by atoms with Crippen molar-refractivity contribution in [3.8, 4) is 5.75 Å². The van der Waals surface area contributed by atoms with E-state index in [1.165, 1.54) is 18.3 Å². The minimum Gasteiger partial charge on any atom is -0.493 e. The van der Waals surface area contributed by atoms with Crippen LogP contribution in [0.5, 0.6) is 5.75 Å². The van der Waals surface area contributed by atoms with Crippen molar-refractivity contribution < 1.29 is 27.5 Å². The molecule has 1 saturated heterocycles. The zero-order chi connectivity index (χ0) is 22.9. The van der Waals surface area contributed by atoms with E-state index in [4.69, 9.17) is 10.5 Å². The first-order valence-corrected chi connectivity index (χ1v) is 10.1. The largest absolute Gasteiger partial charge is 0.493 e. The molecule has 3 amide bonds. The van der Waals surface area contributed by atoms with E-state index < -0.39 is 17.6 Å². The number of alkyl halides is 3. The lowest BCUT2D eigenvalue weighted by Gasteiger charge is -2.41. The Morgan fingerprint density at radius 3 is 2.50 bits per heavy atom. The van der Waals surface area contributed by atoms with Gasteiger partial charge in [-0.1, -0.05) is 6.07 Å². The summed E-state index contributed by atoms with van der Waals surface area (Å²) in [5, 5.41) is 2.74. The van der Waals surface area contributed by atoms with Gasteiger partial charge in [-0.25, -0.2) is 9.78 Å². The molecular weight excluding hydrogens is 427 g/mol. The fourth-order valence-electron chi connectivity index (χ4n) is 3.98. The summed E-state index contributed by atoms with van der Waals surface area (Å²) in [6.45, 7) is 2.43. The summed E-state index contributed by atoms with van der Waals surface area (Å²) in [6.07, 6.45) is -2.38. The number of urea groups is 1. The zero-order valence-corrected chi connectivity index (χ0v) is 17.1. The van der Waals surface area contributed by atoms with Crippen LogP contribution < -0.4 is 15.8 Å². The Bertz CT molecular complexity index is 1000. The Balaban J connectivity index is 1.37. The summed E-state index contributed by atoms with van der Waals surface area (Å²) in [7, 11) is 0. The molecule has 2 aromatic rings. The van der Waals surface area contributed by atoms with Crippen molar-refractivity contribution >= 4 is 17.6 Å². The fraction of sp³-hybridized carbons (Fsp3) is 0.381. The first-order valence-electron chi connectivity index (χ1n) is 10.1. The molecule has 0 spiro atoms. The van der Waals surface area contributed by atoms with E-state index in [2.05, 4.69) is 15.2 Å². The van der Waals surface area contributed by atoms with Gasteiger partial charge in [0.15, 0.2) is 0 Å². The van der Waals surface area contributed by atoms with Gasteiger partial charge in [0, 0.05) is 44.2 Å². The number of carbonyl (C=O) groups is 2. The molecule has 32 heavy (non-hydrogen) atoms. The number of ether oxygens (including phenoxy) is 1. The number of hydrogen-bond donors (Lipinski definition) is 2. The van der Waals surface area contributed by atoms with Crippen LogP contribution in [0.15, 0.2) is 36.5 Å². The Kier molecular flexibility index (Phi) is 5.92. The number of hydrogen-bond acceptors (Lipinski definition) is 5. The van der Waals surface area contributed by atoms with Crippen molar-refractivity contribution in [3.05, 3.63) is 53.3 Å². The number of pyridine rings is 1. The van der Waals surface area contributed by atoms with Crippen LogP contribution in [0.3, 0.4) is 0 Å². The third kappa shape index (κ3) is 4.62. The highest BCUT2D eigenvalue weighted by atomic mass is 19.4. The van der Waals surface area contributed by atoms with Gasteiger partial charge in [0.2, 0.25) is 0 Å². The highest BCUT2D eigenvalue weighted by Crippen LogP contribution is 2.40. The molecule has 1 unspecified atom stereocenters. The maximum absolute atomic E-state index is 13.0. The van der Waals surface area contributed by atoms with Gasteiger partial charge in [-0.05, 0) is 24.3 Å². The number of nitrogens with zero attached hydrogens (tertiary/aromatic N) is 3. The van der Waals surface area contributed by atoms with E-state index in [1.54, 1.807) is 11.0 Å². The highest BCUT2D eigenvalue weighted by molar-refractivity contribution is 5.92. The summed E-state index contributed by atoms with van der Waals surface area (Å²) in [5.74, 6) is -0.383. The molecule has 1 atom stereocenters. The Morgan fingerprint density at radius 2 is 1.88 bits per heavy atom. The summed E-state index contributed by atoms with van der Waals surface area (Å²) in [6, 6.07) is 6.27. The monoisotopic (exact) mass is 449 g/mol. The smallest absolute Gasteiger partial charge is 0.416 e. The molecule has 2 aliphatic rings. The number of piperazine rings is 1. The molecule has 0 aliphatic carbocycles. The number of benzene rings is 1. The number of amides is 3. The van der Waals surface area contributed by atoms with Crippen LogP contribution >= 0.6 is 0 Å². The van der Waals surface area contributed by atoms with Gasteiger partial charge >= 0.3 is 12.2 Å². The third-order valence-electron chi connectivity index (χ3n) is 5.66. The van der Waals surface area contributed by atoms with Crippen LogP contribution in [0.4, 0.5) is 23.7 Å². The molecule has 170 valence electrons. The topological polar surface area (TPSA) is 101 Å². The molecule has 2 aliphatic heterocycles. The standard InChI is InChI=1S/C21H22F3N5O3/c22-21(23,24)13-1-3-15-17(5-10-32-18(15)11-13)28-6-8-29(9-7-28)20(31)27-14-2-4-16(19(25)30)26-12-14/h1-4,11-12,17H,5-10H2,(H2,25,30)(H,27,31). The number of nitrogens with one attached hydrogen (secondary N) is 1. The van der Waals surface area contributed by atoms with E-state index in [1.807, 2.05) is 0 Å². The molecule has 11 heteroatoms. The molecule has 3 heterocycles. The van der Waals surface area contributed by atoms with Gasteiger partial charge < -0.3 is 20.7 Å².